The Morgan fingerprint density at radius 2 is 1.88 bits per heavy atom. The van der Waals surface area contributed by atoms with Crippen molar-refractivity contribution in [3.05, 3.63) is 54.1 Å². The molecule has 1 aromatic carbocycles. The zero-order valence-corrected chi connectivity index (χ0v) is 17.9. The van der Waals surface area contributed by atoms with Gasteiger partial charge < -0.3 is 24.5 Å². The number of amides is 1. The molecular weight excluding hydrogens is 436 g/mol. The Hall–Kier alpha value is -3.60. The highest BCUT2D eigenvalue weighted by atomic mass is 19.2. The van der Waals surface area contributed by atoms with E-state index in [2.05, 4.69) is 25.8 Å². The van der Waals surface area contributed by atoms with Gasteiger partial charge in [0.05, 0.1) is 11.9 Å². The quantitative estimate of drug-likeness (QED) is 0.512. The maximum Gasteiger partial charge on any atom is 0.320 e. The number of benzene rings is 1. The van der Waals surface area contributed by atoms with Crippen LogP contribution in [0.2, 0.25) is 0 Å². The van der Waals surface area contributed by atoms with Crippen molar-refractivity contribution >= 4 is 23.3 Å². The summed E-state index contributed by atoms with van der Waals surface area (Å²) < 4.78 is 42.7. The van der Waals surface area contributed by atoms with E-state index in [0.717, 1.165) is 44.4 Å². The van der Waals surface area contributed by atoms with Gasteiger partial charge in [-0.1, -0.05) is 5.10 Å². The Morgan fingerprint density at radius 3 is 2.58 bits per heavy atom. The van der Waals surface area contributed by atoms with Crippen molar-refractivity contribution in [1.29, 1.82) is 0 Å². The highest BCUT2D eigenvalue weighted by Crippen LogP contribution is 2.27. The zero-order valence-electron chi connectivity index (χ0n) is 17.9. The molecule has 3 aromatic rings. The van der Waals surface area contributed by atoms with Crippen molar-refractivity contribution in [2.45, 2.75) is 31.8 Å². The highest BCUT2D eigenvalue weighted by molar-refractivity contribution is 6.00. The first kappa shape index (κ1) is 22.6. The maximum absolute atomic E-state index is 13.3. The van der Waals surface area contributed by atoms with Crippen LogP contribution in [-0.2, 0) is 4.74 Å². The molecule has 33 heavy (non-hydrogen) atoms. The molecule has 1 aliphatic carbocycles. The van der Waals surface area contributed by atoms with Gasteiger partial charge in [-0.05, 0) is 49.8 Å². The van der Waals surface area contributed by atoms with E-state index in [9.17, 15) is 13.6 Å². The Bertz CT molecular complexity index is 1080. The van der Waals surface area contributed by atoms with Gasteiger partial charge in [0, 0.05) is 31.5 Å². The minimum atomic E-state index is -1.03. The van der Waals surface area contributed by atoms with Crippen LogP contribution in [0, 0.1) is 17.6 Å². The molecule has 1 saturated carbocycles. The number of hydrogen-bond acceptors (Lipinski definition) is 8. The van der Waals surface area contributed by atoms with Crippen LogP contribution in [0.15, 0.2) is 40.9 Å². The van der Waals surface area contributed by atoms with E-state index in [0.29, 0.717) is 17.5 Å². The van der Waals surface area contributed by atoms with Crippen LogP contribution in [0.4, 0.5) is 26.2 Å². The van der Waals surface area contributed by atoms with Gasteiger partial charge in [0.15, 0.2) is 11.6 Å². The van der Waals surface area contributed by atoms with Crippen LogP contribution in [-0.4, -0.2) is 40.9 Å². The molecule has 0 aliphatic heterocycles. The molecule has 11 heteroatoms. The largest absolute Gasteiger partial charge is 0.474 e. The lowest BCUT2D eigenvalue weighted by molar-refractivity contribution is 0.0817. The Labute approximate surface area is 188 Å². The van der Waals surface area contributed by atoms with E-state index in [1.54, 1.807) is 19.2 Å². The SMILES string of the molecule is COCC1CCC(Oc2ccc(NC(=O)c3nnc(Nc4ccc(F)c(F)c4)o3)cn2)CC1. The molecular formula is C22H23F2N5O4. The van der Waals surface area contributed by atoms with Crippen molar-refractivity contribution in [3.63, 3.8) is 0 Å². The van der Waals surface area contributed by atoms with Crippen LogP contribution < -0.4 is 15.4 Å². The number of pyridine rings is 1. The van der Waals surface area contributed by atoms with Crippen LogP contribution in [0.5, 0.6) is 5.88 Å². The van der Waals surface area contributed by atoms with E-state index in [1.807, 2.05) is 0 Å². The normalized spacial score (nSPS) is 18.0. The van der Waals surface area contributed by atoms with E-state index in [-0.39, 0.29) is 23.7 Å². The number of ether oxygens (including phenoxy) is 2. The molecule has 174 valence electrons. The van der Waals surface area contributed by atoms with Gasteiger partial charge in [0.2, 0.25) is 5.88 Å². The van der Waals surface area contributed by atoms with Gasteiger partial charge in [-0.2, -0.15) is 0 Å². The molecule has 2 aromatic heterocycles. The number of nitrogens with one attached hydrogen (secondary N) is 2. The molecule has 0 unspecified atom stereocenters. The average Bonchev–Trinajstić information content (AvgIpc) is 3.28. The lowest BCUT2D eigenvalue weighted by Crippen LogP contribution is -2.26. The molecule has 0 radical (unpaired) electrons. The average molecular weight is 459 g/mol. The Kier molecular flexibility index (Phi) is 7.08. The minimum absolute atomic E-state index is 0.116. The number of carbonyl (C=O) groups excluding carboxylic acids is 1. The second-order valence-corrected chi connectivity index (χ2v) is 7.72. The topological polar surface area (TPSA) is 111 Å². The number of carbonyl (C=O) groups is 1. The fraction of sp³-hybridized carbons (Fsp3) is 0.364. The summed E-state index contributed by atoms with van der Waals surface area (Å²) in [5.41, 5.74) is 0.612. The molecule has 9 nitrogen and oxygen atoms in total. The molecule has 1 amide bonds. The van der Waals surface area contributed by atoms with Crippen LogP contribution in [0.25, 0.3) is 0 Å². The number of hydrogen-bond donors (Lipinski definition) is 2. The third-order valence-electron chi connectivity index (χ3n) is 5.27. The second-order valence-electron chi connectivity index (χ2n) is 7.72. The van der Waals surface area contributed by atoms with Gasteiger partial charge >= 0.3 is 17.8 Å². The first-order valence-electron chi connectivity index (χ1n) is 10.5. The fourth-order valence-electron chi connectivity index (χ4n) is 3.59. The van der Waals surface area contributed by atoms with Crippen LogP contribution in [0.1, 0.15) is 36.4 Å². The van der Waals surface area contributed by atoms with Gasteiger partial charge in [-0.15, -0.1) is 5.10 Å². The number of methoxy groups -OCH3 is 1. The van der Waals surface area contributed by atoms with Crippen LogP contribution >= 0.6 is 0 Å². The molecule has 4 rings (SSSR count). The van der Waals surface area contributed by atoms with E-state index < -0.39 is 17.5 Å². The lowest BCUT2D eigenvalue weighted by atomic mass is 9.88. The molecule has 2 N–H and O–H groups in total. The molecule has 0 saturated heterocycles. The van der Waals surface area contributed by atoms with Gasteiger partial charge in [-0.3, -0.25) is 4.79 Å². The molecule has 1 fully saturated rings. The molecule has 0 atom stereocenters. The molecule has 0 bridgehead atoms. The molecule has 2 heterocycles. The fourth-order valence-corrected chi connectivity index (χ4v) is 3.59. The van der Waals surface area contributed by atoms with Crippen LogP contribution in [0.3, 0.4) is 0 Å². The number of nitrogens with zero attached hydrogens (tertiary/aromatic N) is 3. The number of anilines is 3. The van der Waals surface area contributed by atoms with Gasteiger partial charge in [0.1, 0.15) is 6.10 Å². The minimum Gasteiger partial charge on any atom is -0.474 e. The second kappa shape index (κ2) is 10.3. The first-order chi connectivity index (χ1) is 16.0. The van der Waals surface area contributed by atoms with Crippen molar-refractivity contribution in [3.8, 4) is 5.88 Å². The maximum atomic E-state index is 13.3. The summed E-state index contributed by atoms with van der Waals surface area (Å²) in [4.78, 5) is 16.6. The Morgan fingerprint density at radius 1 is 1.09 bits per heavy atom. The smallest absolute Gasteiger partial charge is 0.320 e. The van der Waals surface area contributed by atoms with E-state index in [4.69, 9.17) is 13.9 Å². The zero-order chi connectivity index (χ0) is 23.2. The van der Waals surface area contributed by atoms with Crippen molar-refractivity contribution in [2.24, 2.45) is 5.92 Å². The Balaban J connectivity index is 1.28. The van der Waals surface area contributed by atoms with Gasteiger partial charge in [-0.25, -0.2) is 13.8 Å². The van der Waals surface area contributed by atoms with Gasteiger partial charge in [0.25, 0.3) is 0 Å². The molecule has 0 spiro atoms. The van der Waals surface area contributed by atoms with Crippen molar-refractivity contribution in [2.75, 3.05) is 24.4 Å². The standard InChI is InChI=1S/C22H23F2N5O4/c1-31-12-13-2-6-16(7-3-13)32-19-9-5-15(11-25-19)26-20(30)21-28-29-22(33-21)27-14-4-8-17(23)18(24)10-14/h4-5,8-11,13,16H,2-3,6-7,12H2,1H3,(H,26,30)(H,27,29). The highest BCUT2D eigenvalue weighted by Gasteiger charge is 2.23. The van der Waals surface area contributed by atoms with E-state index in [1.165, 1.54) is 12.3 Å². The summed E-state index contributed by atoms with van der Waals surface area (Å²) in [6, 6.07) is 6.37. The third-order valence-corrected chi connectivity index (χ3v) is 5.27. The monoisotopic (exact) mass is 459 g/mol. The number of rotatable bonds is 8. The summed E-state index contributed by atoms with van der Waals surface area (Å²) in [6.07, 6.45) is 5.61. The number of aromatic nitrogens is 3. The predicted molar refractivity (Wildman–Crippen MR) is 114 cm³/mol. The summed E-state index contributed by atoms with van der Waals surface area (Å²) in [6.45, 7) is 0.780. The summed E-state index contributed by atoms with van der Waals surface area (Å²) in [5.74, 6) is -1.90. The van der Waals surface area contributed by atoms with Crippen molar-refractivity contribution < 1.29 is 27.5 Å². The van der Waals surface area contributed by atoms with Crippen molar-refractivity contribution in [1.82, 2.24) is 15.2 Å². The molecule has 1 aliphatic rings. The summed E-state index contributed by atoms with van der Waals surface area (Å²) >= 11 is 0. The predicted octanol–water partition coefficient (Wildman–Crippen LogP) is 4.32. The summed E-state index contributed by atoms with van der Waals surface area (Å²) in [5, 5.41) is 12.5. The van der Waals surface area contributed by atoms with E-state index >= 15 is 0 Å². The third kappa shape index (κ3) is 6.01. The number of halogens is 2. The first-order valence-corrected chi connectivity index (χ1v) is 10.5. The lowest BCUT2D eigenvalue weighted by Gasteiger charge is -2.28. The summed E-state index contributed by atoms with van der Waals surface area (Å²) in [7, 11) is 1.72.